The lowest BCUT2D eigenvalue weighted by molar-refractivity contribution is -0.385. The molecular formula is C19H20N2O4. The molecule has 0 saturated carbocycles. The van der Waals surface area contributed by atoms with E-state index in [0.717, 1.165) is 11.3 Å². The SMILES string of the molecule is C=CCOc1ccc(CN(C)C(=O)c2ccc([N+](=O)[O-])c(C)c2)cc1. The summed E-state index contributed by atoms with van der Waals surface area (Å²) >= 11 is 0. The summed E-state index contributed by atoms with van der Waals surface area (Å²) in [5.74, 6) is 0.550. The zero-order chi connectivity index (χ0) is 18.4. The average molecular weight is 340 g/mol. The van der Waals surface area contributed by atoms with Crippen molar-refractivity contribution >= 4 is 11.6 Å². The fraction of sp³-hybridized carbons (Fsp3) is 0.211. The van der Waals surface area contributed by atoms with E-state index < -0.39 is 4.92 Å². The molecule has 0 atom stereocenters. The summed E-state index contributed by atoms with van der Waals surface area (Å²) in [6.07, 6.45) is 1.67. The van der Waals surface area contributed by atoms with E-state index in [1.165, 1.54) is 12.1 Å². The highest BCUT2D eigenvalue weighted by Crippen LogP contribution is 2.20. The molecule has 0 unspecified atom stereocenters. The summed E-state index contributed by atoms with van der Waals surface area (Å²) in [6, 6.07) is 11.9. The minimum absolute atomic E-state index is 0.00863. The van der Waals surface area contributed by atoms with Crippen molar-refractivity contribution in [3.63, 3.8) is 0 Å². The largest absolute Gasteiger partial charge is 0.490 e. The molecule has 0 saturated heterocycles. The lowest BCUT2D eigenvalue weighted by Gasteiger charge is -2.18. The molecule has 6 heteroatoms. The van der Waals surface area contributed by atoms with E-state index in [4.69, 9.17) is 4.74 Å². The van der Waals surface area contributed by atoms with Crippen molar-refractivity contribution in [2.45, 2.75) is 13.5 Å². The van der Waals surface area contributed by atoms with Crippen molar-refractivity contribution in [1.82, 2.24) is 4.90 Å². The third-order valence-electron chi connectivity index (χ3n) is 3.70. The van der Waals surface area contributed by atoms with Crippen LogP contribution in [0.3, 0.4) is 0 Å². The minimum atomic E-state index is -0.455. The summed E-state index contributed by atoms with van der Waals surface area (Å²) in [4.78, 5) is 24.5. The van der Waals surface area contributed by atoms with E-state index in [1.807, 2.05) is 24.3 Å². The molecule has 0 fully saturated rings. The Balaban J connectivity index is 2.06. The van der Waals surface area contributed by atoms with E-state index in [0.29, 0.717) is 24.3 Å². The number of nitro benzene ring substituents is 1. The topological polar surface area (TPSA) is 72.7 Å². The number of ether oxygens (including phenoxy) is 1. The van der Waals surface area contributed by atoms with Gasteiger partial charge in [-0.2, -0.15) is 0 Å². The second-order valence-electron chi connectivity index (χ2n) is 5.66. The fourth-order valence-electron chi connectivity index (χ4n) is 2.41. The molecule has 0 bridgehead atoms. The summed E-state index contributed by atoms with van der Waals surface area (Å²) in [7, 11) is 1.70. The van der Waals surface area contributed by atoms with Gasteiger partial charge in [-0.3, -0.25) is 14.9 Å². The van der Waals surface area contributed by atoms with E-state index in [-0.39, 0.29) is 11.6 Å². The highest BCUT2D eigenvalue weighted by atomic mass is 16.6. The monoisotopic (exact) mass is 340 g/mol. The van der Waals surface area contributed by atoms with Crippen LogP contribution in [0.25, 0.3) is 0 Å². The quantitative estimate of drug-likeness (QED) is 0.437. The van der Waals surface area contributed by atoms with Crippen molar-refractivity contribution in [1.29, 1.82) is 0 Å². The summed E-state index contributed by atoms with van der Waals surface area (Å²) in [5, 5.41) is 10.9. The number of carbonyl (C=O) groups is 1. The van der Waals surface area contributed by atoms with Gasteiger partial charge in [0.2, 0.25) is 0 Å². The van der Waals surface area contributed by atoms with Crippen LogP contribution in [0.1, 0.15) is 21.5 Å². The first kappa shape index (κ1) is 18.2. The van der Waals surface area contributed by atoms with Crippen LogP contribution in [0.2, 0.25) is 0 Å². The first-order chi connectivity index (χ1) is 11.9. The Labute approximate surface area is 146 Å². The van der Waals surface area contributed by atoms with Gasteiger partial charge < -0.3 is 9.64 Å². The molecule has 2 rings (SSSR count). The number of nitro groups is 1. The van der Waals surface area contributed by atoms with Crippen molar-refractivity contribution < 1.29 is 14.5 Å². The predicted octanol–water partition coefficient (Wildman–Crippen LogP) is 3.74. The minimum Gasteiger partial charge on any atom is -0.490 e. The second-order valence-corrected chi connectivity index (χ2v) is 5.66. The molecule has 0 aliphatic rings. The maximum atomic E-state index is 12.5. The highest BCUT2D eigenvalue weighted by molar-refractivity contribution is 5.94. The maximum absolute atomic E-state index is 12.5. The van der Waals surface area contributed by atoms with Crippen LogP contribution < -0.4 is 4.74 Å². The average Bonchev–Trinajstić information content (AvgIpc) is 2.60. The van der Waals surface area contributed by atoms with Crippen molar-refractivity contribution in [3.05, 3.63) is 81.9 Å². The standard InChI is InChI=1S/C19H20N2O4/c1-4-11-25-17-8-5-15(6-9-17)13-20(3)19(22)16-7-10-18(21(23)24)14(2)12-16/h4-10,12H,1,11,13H2,2-3H3. The van der Waals surface area contributed by atoms with E-state index >= 15 is 0 Å². The number of nitrogens with zero attached hydrogens (tertiary/aromatic N) is 2. The Morgan fingerprint density at radius 1 is 1.28 bits per heavy atom. The molecule has 0 aliphatic carbocycles. The molecule has 2 aromatic rings. The normalized spacial score (nSPS) is 10.2. The molecule has 25 heavy (non-hydrogen) atoms. The zero-order valence-corrected chi connectivity index (χ0v) is 14.3. The number of carbonyl (C=O) groups excluding carboxylic acids is 1. The predicted molar refractivity (Wildman–Crippen MR) is 95.8 cm³/mol. The van der Waals surface area contributed by atoms with Crippen LogP contribution in [0.15, 0.2) is 55.1 Å². The van der Waals surface area contributed by atoms with Crippen LogP contribution >= 0.6 is 0 Å². The molecule has 2 aromatic carbocycles. The molecule has 0 aromatic heterocycles. The van der Waals surface area contributed by atoms with Crippen LogP contribution in [0.5, 0.6) is 5.75 Å². The highest BCUT2D eigenvalue weighted by Gasteiger charge is 2.16. The Hall–Kier alpha value is -3.15. The number of benzene rings is 2. The molecule has 1 amide bonds. The van der Waals surface area contributed by atoms with Gasteiger partial charge in [0, 0.05) is 30.8 Å². The van der Waals surface area contributed by atoms with E-state index in [1.54, 1.807) is 31.0 Å². The van der Waals surface area contributed by atoms with Crippen LogP contribution in [-0.2, 0) is 6.54 Å². The van der Waals surface area contributed by atoms with Crippen LogP contribution in [0, 0.1) is 17.0 Å². The van der Waals surface area contributed by atoms with Gasteiger partial charge in [0.25, 0.3) is 11.6 Å². The van der Waals surface area contributed by atoms with Gasteiger partial charge in [-0.1, -0.05) is 24.8 Å². The molecule has 6 nitrogen and oxygen atoms in total. The van der Waals surface area contributed by atoms with Gasteiger partial charge in [-0.15, -0.1) is 0 Å². The van der Waals surface area contributed by atoms with E-state index in [2.05, 4.69) is 6.58 Å². The van der Waals surface area contributed by atoms with Crippen LogP contribution in [0.4, 0.5) is 5.69 Å². The number of rotatable bonds is 7. The molecule has 0 N–H and O–H groups in total. The lowest BCUT2D eigenvalue weighted by atomic mass is 10.1. The first-order valence-electron chi connectivity index (χ1n) is 7.75. The molecule has 0 radical (unpaired) electrons. The number of hydrogen-bond acceptors (Lipinski definition) is 4. The first-order valence-corrected chi connectivity index (χ1v) is 7.75. The van der Waals surface area contributed by atoms with Gasteiger partial charge in [-0.25, -0.2) is 0 Å². The van der Waals surface area contributed by atoms with Crippen LogP contribution in [-0.4, -0.2) is 29.4 Å². The van der Waals surface area contributed by atoms with Gasteiger partial charge >= 0.3 is 0 Å². The van der Waals surface area contributed by atoms with Gasteiger partial charge in [0.15, 0.2) is 0 Å². The third kappa shape index (κ3) is 4.67. The Bertz CT molecular complexity index is 785. The van der Waals surface area contributed by atoms with Crippen molar-refractivity contribution in [2.24, 2.45) is 0 Å². The second kappa shape index (κ2) is 8.10. The van der Waals surface area contributed by atoms with Crippen molar-refractivity contribution in [2.75, 3.05) is 13.7 Å². The maximum Gasteiger partial charge on any atom is 0.272 e. The third-order valence-corrected chi connectivity index (χ3v) is 3.70. The van der Waals surface area contributed by atoms with Gasteiger partial charge in [-0.05, 0) is 36.8 Å². The van der Waals surface area contributed by atoms with E-state index in [9.17, 15) is 14.9 Å². The molecule has 0 spiro atoms. The summed E-state index contributed by atoms with van der Waals surface area (Å²) < 4.78 is 5.42. The summed E-state index contributed by atoms with van der Waals surface area (Å²) in [5.41, 5.74) is 1.86. The number of aryl methyl sites for hydroxylation is 1. The number of amides is 1. The smallest absolute Gasteiger partial charge is 0.272 e. The zero-order valence-electron chi connectivity index (χ0n) is 14.3. The molecule has 130 valence electrons. The Morgan fingerprint density at radius 3 is 2.52 bits per heavy atom. The lowest BCUT2D eigenvalue weighted by Crippen LogP contribution is -2.26. The Kier molecular flexibility index (Phi) is 5.89. The van der Waals surface area contributed by atoms with Crippen molar-refractivity contribution in [3.8, 4) is 5.75 Å². The molecular weight excluding hydrogens is 320 g/mol. The molecule has 0 heterocycles. The Morgan fingerprint density at radius 2 is 1.96 bits per heavy atom. The fourth-order valence-corrected chi connectivity index (χ4v) is 2.41. The molecule has 0 aliphatic heterocycles. The summed E-state index contributed by atoms with van der Waals surface area (Å²) in [6.45, 7) is 6.09. The van der Waals surface area contributed by atoms with Gasteiger partial charge in [0.1, 0.15) is 12.4 Å². The number of hydrogen-bond donors (Lipinski definition) is 0. The van der Waals surface area contributed by atoms with Gasteiger partial charge in [0.05, 0.1) is 4.92 Å².